The van der Waals surface area contributed by atoms with Crippen LogP contribution in [0.5, 0.6) is 0 Å². The molecule has 0 radical (unpaired) electrons. The van der Waals surface area contributed by atoms with Crippen molar-refractivity contribution in [3.8, 4) is 0 Å². The molecule has 0 aliphatic rings. The monoisotopic (exact) mass is 326 g/mol. The van der Waals surface area contributed by atoms with Gasteiger partial charge in [0, 0.05) is 28.8 Å². The third-order valence-corrected chi connectivity index (χ3v) is 3.07. The Morgan fingerprint density at radius 1 is 1.32 bits per heavy atom. The minimum Gasteiger partial charge on any atom is -0.346 e. The lowest BCUT2D eigenvalue weighted by Gasteiger charge is -2.07. The number of carbonyl (C=O) groups is 1. The van der Waals surface area contributed by atoms with Gasteiger partial charge in [0.05, 0.1) is 0 Å². The van der Waals surface area contributed by atoms with Crippen LogP contribution >= 0.6 is 15.9 Å². The second kappa shape index (κ2) is 5.88. The minimum absolute atomic E-state index is 0.0338. The van der Waals surface area contributed by atoms with E-state index in [4.69, 9.17) is 0 Å². The average Bonchev–Trinajstić information content (AvgIpc) is 2.38. The van der Waals surface area contributed by atoms with Crippen LogP contribution in [0.2, 0.25) is 0 Å². The summed E-state index contributed by atoms with van der Waals surface area (Å²) in [7, 11) is 0. The number of hydrogen-bond donors (Lipinski definition) is 1. The number of nitrogens with one attached hydrogen (secondary N) is 1. The lowest BCUT2D eigenvalue weighted by atomic mass is 10.2. The molecule has 1 heterocycles. The van der Waals surface area contributed by atoms with E-state index in [0.717, 1.165) is 12.1 Å². The first-order valence-electron chi connectivity index (χ1n) is 5.40. The molecule has 2 rings (SSSR count). The fraction of sp³-hybridized carbons (Fsp3) is 0.0769. The van der Waals surface area contributed by atoms with Crippen molar-refractivity contribution in [1.82, 2.24) is 10.3 Å². The molecule has 0 bridgehead atoms. The number of nitrogens with zero attached hydrogens (tertiary/aromatic N) is 1. The summed E-state index contributed by atoms with van der Waals surface area (Å²) in [6.07, 6.45) is 1.48. The molecule has 1 aromatic heterocycles. The summed E-state index contributed by atoms with van der Waals surface area (Å²) >= 11 is 3.20. The highest BCUT2D eigenvalue weighted by Gasteiger charge is 2.11. The minimum atomic E-state index is -0.694. The third kappa shape index (κ3) is 3.35. The van der Waals surface area contributed by atoms with E-state index in [1.54, 1.807) is 12.1 Å². The first-order valence-corrected chi connectivity index (χ1v) is 6.20. The number of aromatic nitrogens is 1. The molecule has 0 unspecified atom stereocenters. The van der Waals surface area contributed by atoms with E-state index < -0.39 is 17.5 Å². The Bertz CT molecular complexity index is 619. The summed E-state index contributed by atoms with van der Waals surface area (Å²) in [5, 5.41) is 2.52. The summed E-state index contributed by atoms with van der Waals surface area (Å²) in [6, 6.07) is 6.57. The lowest BCUT2D eigenvalue weighted by Crippen LogP contribution is -2.24. The Morgan fingerprint density at radius 3 is 2.79 bits per heavy atom. The van der Waals surface area contributed by atoms with Crippen molar-refractivity contribution >= 4 is 21.8 Å². The van der Waals surface area contributed by atoms with Gasteiger partial charge in [-0.3, -0.25) is 4.79 Å². The molecule has 0 aliphatic carbocycles. The van der Waals surface area contributed by atoms with Crippen molar-refractivity contribution in [3.05, 3.63) is 63.9 Å². The standard InChI is InChI=1S/C13H9BrF2N2O/c14-10-2-1-5-17-12(10)13(19)18-7-8-3-4-9(15)6-11(8)16/h1-6H,7H2,(H,18,19). The molecule has 3 nitrogen and oxygen atoms in total. The predicted molar refractivity (Wildman–Crippen MR) is 69.5 cm³/mol. The van der Waals surface area contributed by atoms with Gasteiger partial charge in [-0.2, -0.15) is 0 Å². The molecule has 6 heteroatoms. The third-order valence-electron chi connectivity index (χ3n) is 2.43. The van der Waals surface area contributed by atoms with Crippen molar-refractivity contribution < 1.29 is 13.6 Å². The summed E-state index contributed by atoms with van der Waals surface area (Å²) in [4.78, 5) is 15.7. The normalized spacial score (nSPS) is 10.3. The second-order valence-corrected chi connectivity index (χ2v) is 4.61. The fourth-order valence-corrected chi connectivity index (χ4v) is 1.91. The molecular formula is C13H9BrF2N2O. The van der Waals surface area contributed by atoms with E-state index in [1.165, 1.54) is 12.3 Å². The Balaban J connectivity index is 2.07. The van der Waals surface area contributed by atoms with Gasteiger partial charge in [-0.15, -0.1) is 0 Å². The molecule has 0 saturated carbocycles. The van der Waals surface area contributed by atoms with Crippen molar-refractivity contribution in [1.29, 1.82) is 0 Å². The first-order chi connectivity index (χ1) is 9.08. The zero-order chi connectivity index (χ0) is 13.8. The lowest BCUT2D eigenvalue weighted by molar-refractivity contribution is 0.0945. The van der Waals surface area contributed by atoms with Crippen LogP contribution in [0, 0.1) is 11.6 Å². The number of rotatable bonds is 3. The quantitative estimate of drug-likeness (QED) is 0.941. The number of carbonyl (C=O) groups excluding carboxylic acids is 1. The van der Waals surface area contributed by atoms with Gasteiger partial charge in [0.1, 0.15) is 17.3 Å². The zero-order valence-corrected chi connectivity index (χ0v) is 11.2. The van der Waals surface area contributed by atoms with E-state index in [2.05, 4.69) is 26.2 Å². The summed E-state index contributed by atoms with van der Waals surface area (Å²) in [5.41, 5.74) is 0.423. The Kier molecular flexibility index (Phi) is 4.21. The molecule has 0 spiro atoms. The molecule has 1 amide bonds. The van der Waals surface area contributed by atoms with Gasteiger partial charge in [-0.05, 0) is 34.1 Å². The van der Waals surface area contributed by atoms with Crippen LogP contribution in [0.1, 0.15) is 16.1 Å². The first kappa shape index (κ1) is 13.6. The number of pyridine rings is 1. The summed E-state index contributed by atoms with van der Waals surface area (Å²) in [6.45, 7) is -0.0338. The van der Waals surface area contributed by atoms with Crippen LogP contribution in [-0.4, -0.2) is 10.9 Å². The molecule has 19 heavy (non-hydrogen) atoms. The van der Waals surface area contributed by atoms with Gasteiger partial charge in [0.15, 0.2) is 0 Å². The van der Waals surface area contributed by atoms with Crippen LogP contribution in [0.15, 0.2) is 41.0 Å². The predicted octanol–water partition coefficient (Wildman–Crippen LogP) is 3.05. The van der Waals surface area contributed by atoms with E-state index in [9.17, 15) is 13.6 Å². The van der Waals surface area contributed by atoms with Gasteiger partial charge in [0.2, 0.25) is 0 Å². The summed E-state index contributed by atoms with van der Waals surface area (Å²) in [5.74, 6) is -1.78. The Hall–Kier alpha value is -1.82. The van der Waals surface area contributed by atoms with Crippen molar-refractivity contribution in [2.45, 2.75) is 6.54 Å². The molecule has 0 fully saturated rings. The Labute approximate surface area is 116 Å². The molecule has 0 saturated heterocycles. The van der Waals surface area contributed by atoms with Gasteiger partial charge >= 0.3 is 0 Å². The molecule has 0 aliphatic heterocycles. The fourth-order valence-electron chi connectivity index (χ4n) is 1.48. The maximum absolute atomic E-state index is 13.4. The second-order valence-electron chi connectivity index (χ2n) is 3.75. The maximum Gasteiger partial charge on any atom is 0.271 e. The average molecular weight is 327 g/mol. The van der Waals surface area contributed by atoms with E-state index in [0.29, 0.717) is 4.47 Å². The van der Waals surface area contributed by atoms with Crippen LogP contribution in [0.3, 0.4) is 0 Å². The topological polar surface area (TPSA) is 42.0 Å². The van der Waals surface area contributed by atoms with Gasteiger partial charge < -0.3 is 5.32 Å². The number of hydrogen-bond acceptors (Lipinski definition) is 2. The van der Waals surface area contributed by atoms with Gasteiger partial charge in [-0.25, -0.2) is 13.8 Å². The zero-order valence-electron chi connectivity index (χ0n) is 9.66. The molecule has 2 aromatic rings. The van der Waals surface area contributed by atoms with Crippen molar-refractivity contribution in [2.75, 3.05) is 0 Å². The maximum atomic E-state index is 13.4. The number of benzene rings is 1. The molecular weight excluding hydrogens is 318 g/mol. The van der Waals surface area contributed by atoms with Crippen LogP contribution < -0.4 is 5.32 Å². The SMILES string of the molecule is O=C(NCc1ccc(F)cc1F)c1ncccc1Br. The summed E-state index contributed by atoms with van der Waals surface area (Å²) < 4.78 is 26.6. The van der Waals surface area contributed by atoms with E-state index in [-0.39, 0.29) is 17.8 Å². The number of amides is 1. The highest BCUT2D eigenvalue weighted by atomic mass is 79.9. The Morgan fingerprint density at radius 2 is 2.11 bits per heavy atom. The van der Waals surface area contributed by atoms with Gasteiger partial charge in [-0.1, -0.05) is 6.07 Å². The molecule has 1 N–H and O–H groups in total. The smallest absolute Gasteiger partial charge is 0.271 e. The largest absolute Gasteiger partial charge is 0.346 e. The van der Waals surface area contributed by atoms with Crippen LogP contribution in [0.25, 0.3) is 0 Å². The van der Waals surface area contributed by atoms with E-state index in [1.807, 2.05) is 0 Å². The molecule has 1 aromatic carbocycles. The van der Waals surface area contributed by atoms with Crippen molar-refractivity contribution in [3.63, 3.8) is 0 Å². The van der Waals surface area contributed by atoms with Crippen LogP contribution in [-0.2, 0) is 6.54 Å². The molecule has 98 valence electrons. The van der Waals surface area contributed by atoms with Gasteiger partial charge in [0.25, 0.3) is 5.91 Å². The highest BCUT2D eigenvalue weighted by molar-refractivity contribution is 9.10. The van der Waals surface area contributed by atoms with Crippen molar-refractivity contribution in [2.24, 2.45) is 0 Å². The van der Waals surface area contributed by atoms with Crippen LogP contribution in [0.4, 0.5) is 8.78 Å². The number of halogens is 3. The van der Waals surface area contributed by atoms with E-state index >= 15 is 0 Å². The highest BCUT2D eigenvalue weighted by Crippen LogP contribution is 2.14. The molecule has 0 atom stereocenters.